The molecule has 1 atom stereocenters. The maximum Gasteiger partial charge on any atom is 0.326 e. The van der Waals surface area contributed by atoms with Gasteiger partial charge in [0.25, 0.3) is 0 Å². The second-order valence-corrected chi connectivity index (χ2v) is 6.85. The van der Waals surface area contributed by atoms with Crippen LogP contribution < -0.4 is 5.32 Å². The van der Waals surface area contributed by atoms with Crippen LogP contribution in [-0.4, -0.2) is 23.0 Å². The molecule has 0 heterocycles. The number of carbonyl (C=O) groups excluding carboxylic acids is 1. The zero-order chi connectivity index (χ0) is 17.3. The Morgan fingerprint density at radius 3 is 2.04 bits per heavy atom. The van der Waals surface area contributed by atoms with Crippen LogP contribution in [0.1, 0.15) is 23.5 Å². The number of halogens is 1. The first-order chi connectivity index (χ1) is 11.5. The minimum Gasteiger partial charge on any atom is -0.480 e. The molecule has 2 aromatic carbocycles. The number of carboxylic acid groups (broad SMARTS) is 1. The van der Waals surface area contributed by atoms with Crippen LogP contribution in [0.15, 0.2) is 59.6 Å². The van der Waals surface area contributed by atoms with Crippen molar-refractivity contribution < 1.29 is 14.7 Å². The third-order valence-electron chi connectivity index (χ3n) is 4.14. The Kier molecular flexibility index (Phi) is 4.53. The van der Waals surface area contributed by atoms with Crippen molar-refractivity contribution in [3.63, 3.8) is 0 Å². The van der Waals surface area contributed by atoms with Crippen molar-refractivity contribution in [2.24, 2.45) is 0 Å². The Hall–Kier alpha value is -2.40. The monoisotopic (exact) mass is 385 g/mol. The van der Waals surface area contributed by atoms with Gasteiger partial charge >= 0.3 is 5.97 Å². The molecule has 2 aromatic rings. The van der Waals surface area contributed by atoms with Crippen LogP contribution in [0.2, 0.25) is 0 Å². The van der Waals surface area contributed by atoms with Crippen molar-refractivity contribution in [3.05, 3.63) is 70.7 Å². The van der Waals surface area contributed by atoms with E-state index in [0.29, 0.717) is 4.48 Å². The zero-order valence-electron chi connectivity index (χ0n) is 12.8. The van der Waals surface area contributed by atoms with E-state index >= 15 is 0 Å². The van der Waals surface area contributed by atoms with Crippen LogP contribution in [-0.2, 0) is 9.59 Å². The van der Waals surface area contributed by atoms with Crippen LogP contribution in [0, 0.1) is 0 Å². The van der Waals surface area contributed by atoms with Gasteiger partial charge in [0.05, 0.1) is 5.92 Å². The van der Waals surface area contributed by atoms with Crippen LogP contribution in [0.5, 0.6) is 0 Å². The summed E-state index contributed by atoms with van der Waals surface area (Å²) in [5.41, 5.74) is 3.84. The quantitative estimate of drug-likeness (QED) is 0.824. The molecule has 122 valence electrons. The van der Waals surface area contributed by atoms with Crippen molar-refractivity contribution in [2.75, 3.05) is 0 Å². The fourth-order valence-electron chi connectivity index (χ4n) is 3.11. The highest BCUT2D eigenvalue weighted by molar-refractivity contribution is 9.11. The average Bonchev–Trinajstić information content (AvgIpc) is 2.88. The number of rotatable bonds is 5. The fraction of sp³-hybridized carbons (Fsp3) is 0.158. The maximum atomic E-state index is 12.8. The molecule has 0 bridgehead atoms. The number of hydrogen-bond acceptors (Lipinski definition) is 2. The Morgan fingerprint density at radius 1 is 1.08 bits per heavy atom. The number of amides is 1. The fourth-order valence-corrected chi connectivity index (χ4v) is 3.44. The summed E-state index contributed by atoms with van der Waals surface area (Å²) in [6.45, 7) is 3.66. The number of carbonyl (C=O) groups is 2. The molecule has 0 spiro atoms. The van der Waals surface area contributed by atoms with E-state index in [-0.39, 0.29) is 12.3 Å². The first-order valence-corrected chi connectivity index (χ1v) is 8.33. The summed E-state index contributed by atoms with van der Waals surface area (Å²) in [6, 6.07) is 14.4. The zero-order valence-corrected chi connectivity index (χ0v) is 14.4. The second kappa shape index (κ2) is 6.61. The van der Waals surface area contributed by atoms with Crippen molar-refractivity contribution in [1.82, 2.24) is 5.32 Å². The molecule has 24 heavy (non-hydrogen) atoms. The lowest BCUT2D eigenvalue weighted by atomic mass is 9.95. The maximum absolute atomic E-state index is 12.8. The number of aliphatic carboxylic acids is 1. The molecule has 0 saturated carbocycles. The van der Waals surface area contributed by atoms with Gasteiger partial charge in [0.1, 0.15) is 6.04 Å². The summed E-state index contributed by atoms with van der Waals surface area (Å²) >= 11 is 3.16. The van der Waals surface area contributed by atoms with Gasteiger partial charge in [0.15, 0.2) is 0 Å². The van der Waals surface area contributed by atoms with E-state index in [9.17, 15) is 14.7 Å². The van der Waals surface area contributed by atoms with E-state index in [0.717, 1.165) is 22.3 Å². The van der Waals surface area contributed by atoms with Crippen molar-refractivity contribution in [2.45, 2.75) is 18.4 Å². The highest BCUT2D eigenvalue weighted by atomic mass is 79.9. The Bertz CT molecular complexity index is 785. The number of hydrogen-bond donors (Lipinski definition) is 2. The molecule has 1 amide bonds. The molecule has 1 aliphatic carbocycles. The summed E-state index contributed by atoms with van der Waals surface area (Å²) in [5, 5.41) is 12.0. The summed E-state index contributed by atoms with van der Waals surface area (Å²) < 4.78 is 0.530. The van der Waals surface area contributed by atoms with Crippen molar-refractivity contribution in [1.29, 1.82) is 0 Å². The molecule has 0 unspecified atom stereocenters. The predicted octanol–water partition coefficient (Wildman–Crippen LogP) is 3.67. The third-order valence-corrected chi connectivity index (χ3v) is 4.46. The first kappa shape index (κ1) is 16.5. The highest BCUT2D eigenvalue weighted by Crippen LogP contribution is 2.44. The van der Waals surface area contributed by atoms with Gasteiger partial charge in [-0.3, -0.25) is 4.79 Å². The van der Waals surface area contributed by atoms with Crippen molar-refractivity contribution in [3.8, 4) is 11.1 Å². The van der Waals surface area contributed by atoms with Gasteiger partial charge < -0.3 is 10.4 Å². The largest absolute Gasteiger partial charge is 0.480 e. The number of carboxylic acids is 1. The standard InChI is InChI=1S/C19H16BrNO3/c1-11(20)10-16(19(23)24)21-18(22)17-14-8-4-2-6-12(14)13-7-3-5-9-15(13)17/h2-9,16-17H,1,10H2,(H,21,22)(H,23,24)/t16-/m0/s1. The molecular weight excluding hydrogens is 370 g/mol. The van der Waals surface area contributed by atoms with E-state index in [1.807, 2.05) is 48.5 Å². The predicted molar refractivity (Wildman–Crippen MR) is 96.0 cm³/mol. The third kappa shape index (κ3) is 2.99. The first-order valence-electron chi connectivity index (χ1n) is 7.53. The van der Waals surface area contributed by atoms with Crippen LogP contribution in [0.4, 0.5) is 0 Å². The number of nitrogens with one attached hydrogen (secondary N) is 1. The summed E-state index contributed by atoms with van der Waals surface area (Å²) in [5.74, 6) is -1.89. The Labute approximate surface area is 148 Å². The highest BCUT2D eigenvalue weighted by Gasteiger charge is 2.35. The van der Waals surface area contributed by atoms with Gasteiger partial charge in [-0.25, -0.2) is 4.79 Å². The second-order valence-electron chi connectivity index (χ2n) is 5.73. The lowest BCUT2D eigenvalue weighted by Crippen LogP contribution is -2.43. The van der Waals surface area contributed by atoms with E-state index < -0.39 is 17.9 Å². The normalized spacial score (nSPS) is 13.7. The lowest BCUT2D eigenvalue weighted by molar-refractivity contribution is -0.141. The molecule has 2 N–H and O–H groups in total. The minimum atomic E-state index is -1.08. The number of benzene rings is 2. The van der Waals surface area contributed by atoms with Crippen LogP contribution in [0.3, 0.4) is 0 Å². The van der Waals surface area contributed by atoms with Gasteiger partial charge in [-0.1, -0.05) is 71.0 Å². The molecule has 0 saturated heterocycles. The van der Waals surface area contributed by atoms with Crippen LogP contribution >= 0.6 is 15.9 Å². The van der Waals surface area contributed by atoms with Gasteiger partial charge in [-0.2, -0.15) is 0 Å². The summed E-state index contributed by atoms with van der Waals surface area (Å²) in [7, 11) is 0. The van der Waals surface area contributed by atoms with E-state index in [4.69, 9.17) is 0 Å². The Morgan fingerprint density at radius 2 is 1.58 bits per heavy atom. The van der Waals surface area contributed by atoms with Gasteiger partial charge in [0, 0.05) is 6.42 Å². The molecule has 0 fully saturated rings. The van der Waals surface area contributed by atoms with Crippen LogP contribution in [0.25, 0.3) is 11.1 Å². The van der Waals surface area contributed by atoms with Gasteiger partial charge in [0.2, 0.25) is 5.91 Å². The molecule has 5 heteroatoms. The molecule has 4 nitrogen and oxygen atoms in total. The molecule has 3 rings (SSSR count). The molecule has 0 radical (unpaired) electrons. The van der Waals surface area contributed by atoms with Crippen molar-refractivity contribution >= 4 is 27.8 Å². The average molecular weight is 386 g/mol. The van der Waals surface area contributed by atoms with E-state index in [1.165, 1.54) is 0 Å². The molecular formula is C19H16BrNO3. The topological polar surface area (TPSA) is 66.4 Å². The van der Waals surface area contributed by atoms with E-state index in [2.05, 4.69) is 27.8 Å². The van der Waals surface area contributed by atoms with E-state index in [1.54, 1.807) is 0 Å². The van der Waals surface area contributed by atoms with Gasteiger partial charge in [-0.05, 0) is 26.7 Å². The SMILES string of the molecule is C=C(Br)C[C@H](NC(=O)C1c2ccccc2-c2ccccc21)C(=O)O. The molecule has 1 aliphatic rings. The summed E-state index contributed by atoms with van der Waals surface area (Å²) in [4.78, 5) is 24.2. The summed E-state index contributed by atoms with van der Waals surface area (Å²) in [6.07, 6.45) is 0.136. The Balaban J connectivity index is 1.95. The molecule has 0 aromatic heterocycles. The molecule has 0 aliphatic heterocycles. The smallest absolute Gasteiger partial charge is 0.326 e. The van der Waals surface area contributed by atoms with Gasteiger partial charge in [-0.15, -0.1) is 0 Å². The minimum absolute atomic E-state index is 0.136. The lowest BCUT2D eigenvalue weighted by Gasteiger charge is -2.18. The number of fused-ring (bicyclic) bond motifs is 3.